The van der Waals surface area contributed by atoms with Crippen LogP contribution in [0.2, 0.25) is 0 Å². The normalized spacial score (nSPS) is 13.6. The maximum Gasteiger partial charge on any atom is 0.436 e. The molecule has 0 fully saturated rings. The number of rotatable bonds is 5. The van der Waals surface area contributed by atoms with Crippen LogP contribution in [0.1, 0.15) is 6.92 Å². The second-order valence-corrected chi connectivity index (χ2v) is 4.04. The highest BCUT2D eigenvalue weighted by molar-refractivity contribution is 7.81. The van der Waals surface area contributed by atoms with Crippen molar-refractivity contribution in [2.75, 3.05) is 6.61 Å². The van der Waals surface area contributed by atoms with Crippen molar-refractivity contribution in [3.63, 3.8) is 0 Å². The minimum absolute atomic E-state index is 0.401. The van der Waals surface area contributed by atoms with Crippen LogP contribution in [0.25, 0.3) is 0 Å². The lowest BCUT2D eigenvalue weighted by Gasteiger charge is -2.20. The molecule has 0 aromatic rings. The molecule has 0 aromatic carbocycles. The van der Waals surface area contributed by atoms with E-state index in [-0.39, 0.29) is 0 Å². The van der Waals surface area contributed by atoms with E-state index in [0.717, 1.165) is 6.92 Å². The van der Waals surface area contributed by atoms with Crippen LogP contribution in [0.15, 0.2) is 12.2 Å². The molecule has 0 aromatic heterocycles. The molecule has 19 heavy (non-hydrogen) atoms. The molecule has 0 bridgehead atoms. The number of esters is 2. The van der Waals surface area contributed by atoms with Crippen molar-refractivity contribution >= 4 is 24.6 Å². The largest absolute Gasteiger partial charge is 0.455 e. The molecule has 0 rings (SSSR count). The molecule has 0 saturated heterocycles. The third kappa shape index (κ3) is 6.99. The van der Waals surface area contributed by atoms with Gasteiger partial charge in [-0.2, -0.15) is 22.0 Å². The fourth-order valence-corrected chi connectivity index (χ4v) is 0.754. The highest BCUT2D eigenvalue weighted by Gasteiger charge is 2.50. The fourth-order valence-electron chi connectivity index (χ4n) is 0.690. The monoisotopic (exact) mass is 308 g/mol. The molecule has 0 aliphatic heterocycles. The van der Waals surface area contributed by atoms with Gasteiger partial charge in [0.1, 0.15) is 0 Å². The van der Waals surface area contributed by atoms with Crippen molar-refractivity contribution in [2.45, 2.75) is 24.5 Å². The van der Waals surface area contributed by atoms with E-state index < -0.39 is 41.7 Å². The van der Waals surface area contributed by atoms with Gasteiger partial charge in [0.05, 0.1) is 0 Å². The van der Waals surface area contributed by atoms with Gasteiger partial charge in [0.2, 0.25) is 0 Å². The number of carbonyl (C=O) groups excluding carboxylic acids is 2. The quantitative estimate of drug-likeness (QED) is 0.366. The Bertz CT molecular complexity index is 374. The lowest BCUT2D eigenvalue weighted by atomic mass is 10.3. The van der Waals surface area contributed by atoms with Gasteiger partial charge in [-0.25, -0.2) is 9.59 Å². The molecule has 1 unspecified atom stereocenters. The second-order valence-electron chi connectivity index (χ2n) is 3.38. The van der Waals surface area contributed by atoms with Crippen LogP contribution in [0, 0.1) is 0 Å². The van der Waals surface area contributed by atoms with E-state index in [0.29, 0.717) is 0 Å². The molecule has 0 radical (unpaired) electrons. The van der Waals surface area contributed by atoms with E-state index in [9.17, 15) is 31.5 Å². The molecule has 0 N–H and O–H groups in total. The summed E-state index contributed by atoms with van der Waals surface area (Å²) < 4.78 is 69.1. The van der Waals surface area contributed by atoms with E-state index >= 15 is 0 Å². The number of hydrogen-bond acceptors (Lipinski definition) is 5. The van der Waals surface area contributed by atoms with E-state index in [1.807, 2.05) is 0 Å². The summed E-state index contributed by atoms with van der Waals surface area (Å²) in [5, 5.41) is -3.80. The third-order valence-electron chi connectivity index (χ3n) is 1.47. The van der Waals surface area contributed by atoms with Crippen LogP contribution >= 0.6 is 12.6 Å². The first-order valence-corrected chi connectivity index (χ1v) is 4.99. The van der Waals surface area contributed by atoms with Crippen LogP contribution in [0.5, 0.6) is 0 Å². The van der Waals surface area contributed by atoms with Crippen LogP contribution in [0.4, 0.5) is 22.0 Å². The molecule has 4 nitrogen and oxygen atoms in total. The van der Waals surface area contributed by atoms with Crippen molar-refractivity contribution in [3.05, 3.63) is 12.2 Å². The first-order chi connectivity index (χ1) is 8.34. The van der Waals surface area contributed by atoms with Gasteiger partial charge in [-0.3, -0.25) is 0 Å². The Kier molecular flexibility index (Phi) is 5.79. The minimum atomic E-state index is -5.30. The second kappa shape index (κ2) is 6.22. The Morgan fingerprint density at radius 3 is 2.05 bits per heavy atom. The van der Waals surface area contributed by atoms with Crippen molar-refractivity contribution in [1.29, 1.82) is 0 Å². The Morgan fingerprint density at radius 1 is 1.26 bits per heavy atom. The van der Waals surface area contributed by atoms with Crippen molar-refractivity contribution in [1.82, 2.24) is 0 Å². The summed E-state index contributed by atoms with van der Waals surface area (Å²) in [4.78, 5) is 21.9. The lowest BCUT2D eigenvalue weighted by Crippen LogP contribution is -2.42. The van der Waals surface area contributed by atoms with Gasteiger partial charge in [-0.15, -0.1) is 12.6 Å². The van der Waals surface area contributed by atoms with Crippen LogP contribution < -0.4 is 0 Å². The van der Waals surface area contributed by atoms with Crippen molar-refractivity contribution in [3.8, 4) is 0 Å². The molecule has 1 atom stereocenters. The first-order valence-electron chi connectivity index (χ1n) is 4.54. The molecule has 0 aliphatic rings. The number of carbonyl (C=O) groups is 2. The van der Waals surface area contributed by atoms with Crippen LogP contribution in [-0.2, 0) is 19.1 Å². The lowest BCUT2D eigenvalue weighted by molar-refractivity contribution is -0.229. The highest BCUT2D eigenvalue weighted by Crippen LogP contribution is 2.26. The van der Waals surface area contributed by atoms with E-state index in [1.54, 1.807) is 0 Å². The van der Waals surface area contributed by atoms with Gasteiger partial charge in [0.25, 0.3) is 6.10 Å². The fraction of sp³-hybridized carbons (Fsp3) is 0.556. The van der Waals surface area contributed by atoms with Crippen molar-refractivity contribution < 1.29 is 41.0 Å². The van der Waals surface area contributed by atoms with E-state index in [1.165, 1.54) is 0 Å². The molecular formula is C9H9F5O4S. The van der Waals surface area contributed by atoms with Crippen LogP contribution in [0.3, 0.4) is 0 Å². The van der Waals surface area contributed by atoms with Gasteiger partial charge < -0.3 is 9.47 Å². The summed E-state index contributed by atoms with van der Waals surface area (Å²) in [5.74, 6) is -3.67. The number of alkyl halides is 5. The van der Waals surface area contributed by atoms with Gasteiger partial charge in [-0.1, -0.05) is 6.58 Å². The average Bonchev–Trinajstić information content (AvgIpc) is 2.19. The SMILES string of the molecule is C=C(C)C(=O)OC(C(=O)OCC(F)(F)S)C(F)(F)F. The molecule has 10 heteroatoms. The minimum Gasteiger partial charge on any atom is -0.455 e. The molecular weight excluding hydrogens is 299 g/mol. The highest BCUT2D eigenvalue weighted by atomic mass is 32.1. The summed E-state index contributed by atoms with van der Waals surface area (Å²) in [5.41, 5.74) is -0.401. The average molecular weight is 308 g/mol. The third-order valence-corrected chi connectivity index (χ3v) is 1.60. The Morgan fingerprint density at radius 2 is 1.74 bits per heavy atom. The topological polar surface area (TPSA) is 52.6 Å². The maximum atomic E-state index is 12.4. The number of ether oxygens (including phenoxy) is 2. The Balaban J connectivity index is 4.82. The Labute approximate surface area is 110 Å². The summed E-state index contributed by atoms with van der Waals surface area (Å²) in [7, 11) is 0. The summed E-state index contributed by atoms with van der Waals surface area (Å²) in [6, 6.07) is 0. The summed E-state index contributed by atoms with van der Waals surface area (Å²) in [6.45, 7) is 2.36. The molecule has 0 heterocycles. The zero-order valence-corrected chi connectivity index (χ0v) is 10.4. The van der Waals surface area contributed by atoms with E-state index in [2.05, 4.69) is 28.7 Å². The zero-order valence-electron chi connectivity index (χ0n) is 9.46. The summed E-state index contributed by atoms with van der Waals surface area (Å²) in [6.07, 6.45) is -8.60. The zero-order chi connectivity index (χ0) is 15.4. The number of thiol groups is 1. The molecule has 0 spiro atoms. The van der Waals surface area contributed by atoms with Gasteiger partial charge in [-0.05, 0) is 6.92 Å². The number of halogens is 5. The predicted octanol–water partition coefficient (Wildman–Crippen LogP) is 2.10. The molecule has 0 saturated carbocycles. The summed E-state index contributed by atoms with van der Waals surface area (Å²) >= 11 is 2.66. The van der Waals surface area contributed by atoms with Gasteiger partial charge >= 0.3 is 23.4 Å². The standard InChI is InChI=1S/C9H9F5O4S/c1-4(2)6(15)18-5(9(12,13)14)7(16)17-3-8(10,11)19/h5,19H,1,3H2,2H3. The first kappa shape index (κ1) is 17.7. The number of hydrogen-bond donors (Lipinski definition) is 1. The Hall–Kier alpha value is -1.32. The van der Waals surface area contributed by atoms with Crippen molar-refractivity contribution in [2.24, 2.45) is 0 Å². The van der Waals surface area contributed by atoms with Gasteiger partial charge in [0.15, 0.2) is 6.61 Å². The smallest absolute Gasteiger partial charge is 0.436 e. The van der Waals surface area contributed by atoms with Crippen LogP contribution in [-0.4, -0.2) is 36.1 Å². The van der Waals surface area contributed by atoms with Gasteiger partial charge in [0, 0.05) is 5.57 Å². The predicted molar refractivity (Wildman–Crippen MR) is 55.6 cm³/mol. The van der Waals surface area contributed by atoms with E-state index in [4.69, 9.17) is 0 Å². The molecule has 0 aliphatic carbocycles. The molecule has 0 amide bonds. The molecule has 110 valence electrons. The maximum absolute atomic E-state index is 12.4.